The number of pyridine rings is 1. The van der Waals surface area contributed by atoms with Gasteiger partial charge in [0.15, 0.2) is 0 Å². The van der Waals surface area contributed by atoms with Crippen molar-refractivity contribution in [1.82, 2.24) is 14.5 Å². The number of carbonyl (C=O) groups excluding carboxylic acids is 1. The van der Waals surface area contributed by atoms with E-state index in [4.69, 9.17) is 9.47 Å². The summed E-state index contributed by atoms with van der Waals surface area (Å²) in [6.07, 6.45) is 4.72. The van der Waals surface area contributed by atoms with E-state index < -0.39 is 10.5 Å². The fourth-order valence-electron chi connectivity index (χ4n) is 3.62. The second-order valence-electron chi connectivity index (χ2n) is 8.23. The lowest BCUT2D eigenvalue weighted by atomic mass is 9.90. The van der Waals surface area contributed by atoms with Crippen molar-refractivity contribution in [3.05, 3.63) is 34.1 Å². The van der Waals surface area contributed by atoms with E-state index in [0.29, 0.717) is 24.1 Å². The standard InChI is InChI=1S/C20H26N4O5/c1-12-10-23(19(25)29-20(2,3)4)8-7-13(12)14-11-22(5)18-16(14)17(28-6)15(9-21-18)24(26)27/h7,9,11-12H,8,10H2,1-6H3. The van der Waals surface area contributed by atoms with Crippen molar-refractivity contribution in [2.75, 3.05) is 20.2 Å². The van der Waals surface area contributed by atoms with E-state index in [1.165, 1.54) is 13.3 Å². The van der Waals surface area contributed by atoms with Gasteiger partial charge < -0.3 is 18.9 Å². The minimum atomic E-state index is -0.558. The van der Waals surface area contributed by atoms with Gasteiger partial charge in [-0.05, 0) is 32.3 Å². The number of rotatable bonds is 3. The van der Waals surface area contributed by atoms with Crippen LogP contribution < -0.4 is 4.74 Å². The first-order chi connectivity index (χ1) is 13.5. The summed E-state index contributed by atoms with van der Waals surface area (Å²) < 4.78 is 12.7. The molecule has 1 aliphatic rings. The quantitative estimate of drug-likeness (QED) is 0.572. The minimum Gasteiger partial charge on any atom is -0.490 e. The summed E-state index contributed by atoms with van der Waals surface area (Å²) in [6.45, 7) is 8.40. The Labute approximate surface area is 169 Å². The third-order valence-electron chi connectivity index (χ3n) is 4.84. The maximum Gasteiger partial charge on any atom is 0.410 e. The van der Waals surface area contributed by atoms with Gasteiger partial charge in [-0.1, -0.05) is 13.0 Å². The fourth-order valence-corrected chi connectivity index (χ4v) is 3.62. The van der Waals surface area contributed by atoms with Gasteiger partial charge in [-0.3, -0.25) is 10.1 Å². The molecule has 1 aliphatic heterocycles. The molecule has 3 heterocycles. The van der Waals surface area contributed by atoms with Crippen LogP contribution in [-0.4, -0.2) is 51.3 Å². The molecule has 0 fully saturated rings. The van der Waals surface area contributed by atoms with Gasteiger partial charge in [0.25, 0.3) is 0 Å². The van der Waals surface area contributed by atoms with Crippen molar-refractivity contribution >= 4 is 28.4 Å². The maximum atomic E-state index is 12.4. The van der Waals surface area contributed by atoms with E-state index in [0.717, 1.165) is 11.1 Å². The molecule has 0 spiro atoms. The summed E-state index contributed by atoms with van der Waals surface area (Å²) in [5.74, 6) is 0.198. The summed E-state index contributed by atoms with van der Waals surface area (Å²) in [6, 6.07) is 0. The van der Waals surface area contributed by atoms with Crippen LogP contribution in [0.1, 0.15) is 33.3 Å². The monoisotopic (exact) mass is 402 g/mol. The molecule has 0 bridgehead atoms. The average Bonchev–Trinajstić information content (AvgIpc) is 2.96. The number of methoxy groups -OCH3 is 1. The van der Waals surface area contributed by atoms with Gasteiger partial charge >= 0.3 is 11.8 Å². The lowest BCUT2D eigenvalue weighted by Crippen LogP contribution is -2.41. The Balaban J connectivity index is 2.04. The summed E-state index contributed by atoms with van der Waals surface area (Å²) in [5, 5.41) is 12.0. The van der Waals surface area contributed by atoms with E-state index in [-0.39, 0.29) is 23.4 Å². The second kappa shape index (κ2) is 7.38. The number of carbonyl (C=O) groups is 1. The molecule has 1 atom stereocenters. The average molecular weight is 402 g/mol. The SMILES string of the molecule is COc1c([N+](=O)[O-])cnc2c1c(C1=CCN(C(=O)OC(C)(C)C)CC1C)cn2C. The highest BCUT2D eigenvalue weighted by molar-refractivity contribution is 5.98. The van der Waals surface area contributed by atoms with Crippen LogP contribution in [0.4, 0.5) is 10.5 Å². The first kappa shape index (κ1) is 20.6. The fraction of sp³-hybridized carbons (Fsp3) is 0.500. The molecule has 9 heteroatoms. The Kier molecular flexibility index (Phi) is 5.25. The molecule has 2 aromatic heterocycles. The van der Waals surface area contributed by atoms with Crippen LogP contribution in [0.3, 0.4) is 0 Å². The van der Waals surface area contributed by atoms with Gasteiger partial charge in [-0.2, -0.15) is 0 Å². The second-order valence-corrected chi connectivity index (χ2v) is 8.23. The highest BCUT2D eigenvalue weighted by Gasteiger charge is 2.31. The highest BCUT2D eigenvalue weighted by atomic mass is 16.6. The van der Waals surface area contributed by atoms with E-state index in [9.17, 15) is 14.9 Å². The van der Waals surface area contributed by atoms with E-state index >= 15 is 0 Å². The molecule has 0 saturated heterocycles. The number of hydrogen-bond acceptors (Lipinski definition) is 6. The number of fused-ring (bicyclic) bond motifs is 1. The van der Waals surface area contributed by atoms with Crippen LogP contribution in [0, 0.1) is 16.0 Å². The molecular weight excluding hydrogens is 376 g/mol. The zero-order chi connectivity index (χ0) is 21.5. The zero-order valence-corrected chi connectivity index (χ0v) is 17.6. The number of ether oxygens (including phenoxy) is 2. The Morgan fingerprint density at radius 1 is 1.38 bits per heavy atom. The van der Waals surface area contributed by atoms with Gasteiger partial charge in [0.05, 0.1) is 17.4 Å². The molecule has 2 aromatic rings. The lowest BCUT2D eigenvalue weighted by Gasteiger charge is -2.32. The first-order valence-corrected chi connectivity index (χ1v) is 9.38. The molecule has 156 valence electrons. The van der Waals surface area contributed by atoms with Crippen molar-refractivity contribution in [3.8, 4) is 5.75 Å². The minimum absolute atomic E-state index is 0.00540. The van der Waals surface area contributed by atoms with Gasteiger partial charge in [0.2, 0.25) is 5.75 Å². The Morgan fingerprint density at radius 3 is 2.62 bits per heavy atom. The summed E-state index contributed by atoms with van der Waals surface area (Å²) in [4.78, 5) is 29.2. The third-order valence-corrected chi connectivity index (χ3v) is 4.84. The smallest absolute Gasteiger partial charge is 0.410 e. The van der Waals surface area contributed by atoms with E-state index in [1.807, 2.05) is 51.6 Å². The number of amides is 1. The third kappa shape index (κ3) is 3.90. The number of aryl methyl sites for hydroxylation is 1. The van der Waals surface area contributed by atoms with Gasteiger partial charge in [0, 0.05) is 31.9 Å². The summed E-state index contributed by atoms with van der Waals surface area (Å²) in [7, 11) is 3.26. The van der Waals surface area contributed by atoms with E-state index in [2.05, 4.69) is 4.98 Å². The molecule has 0 saturated carbocycles. The zero-order valence-electron chi connectivity index (χ0n) is 17.6. The molecule has 3 rings (SSSR count). The normalized spacial score (nSPS) is 17.2. The predicted octanol–water partition coefficient (Wildman–Crippen LogP) is 3.76. The first-order valence-electron chi connectivity index (χ1n) is 9.38. The molecule has 9 nitrogen and oxygen atoms in total. The Morgan fingerprint density at radius 2 is 2.07 bits per heavy atom. The molecule has 1 unspecified atom stereocenters. The number of aromatic nitrogens is 2. The molecule has 0 N–H and O–H groups in total. The molecular formula is C20H26N4O5. The van der Waals surface area contributed by atoms with Crippen LogP contribution >= 0.6 is 0 Å². The van der Waals surface area contributed by atoms with Gasteiger partial charge in [0.1, 0.15) is 17.4 Å². The molecule has 0 aliphatic carbocycles. The van der Waals surface area contributed by atoms with Crippen molar-refractivity contribution in [2.45, 2.75) is 33.3 Å². The highest BCUT2D eigenvalue weighted by Crippen LogP contribution is 2.41. The van der Waals surface area contributed by atoms with Crippen LogP contribution in [0.2, 0.25) is 0 Å². The van der Waals surface area contributed by atoms with Crippen molar-refractivity contribution in [1.29, 1.82) is 0 Å². The topological polar surface area (TPSA) is 99.7 Å². The van der Waals surface area contributed by atoms with Crippen LogP contribution in [-0.2, 0) is 11.8 Å². The van der Waals surface area contributed by atoms with Crippen molar-refractivity contribution in [2.24, 2.45) is 13.0 Å². The molecule has 29 heavy (non-hydrogen) atoms. The lowest BCUT2D eigenvalue weighted by molar-refractivity contribution is -0.385. The van der Waals surface area contributed by atoms with Crippen LogP contribution in [0.5, 0.6) is 5.75 Å². The van der Waals surface area contributed by atoms with E-state index in [1.54, 1.807) is 4.90 Å². The van der Waals surface area contributed by atoms with Crippen molar-refractivity contribution in [3.63, 3.8) is 0 Å². The maximum absolute atomic E-state index is 12.4. The Bertz CT molecular complexity index is 1000. The number of nitro groups is 1. The predicted molar refractivity (Wildman–Crippen MR) is 109 cm³/mol. The molecule has 1 amide bonds. The summed E-state index contributed by atoms with van der Waals surface area (Å²) >= 11 is 0. The van der Waals surface area contributed by atoms with Crippen LogP contribution in [0.25, 0.3) is 16.6 Å². The molecule has 0 aromatic carbocycles. The number of nitrogens with zero attached hydrogens (tertiary/aromatic N) is 4. The molecule has 0 radical (unpaired) electrons. The Hall–Kier alpha value is -3.10. The number of hydrogen-bond donors (Lipinski definition) is 0. The van der Waals surface area contributed by atoms with Gasteiger partial charge in [-0.25, -0.2) is 9.78 Å². The largest absolute Gasteiger partial charge is 0.490 e. The summed E-state index contributed by atoms with van der Waals surface area (Å²) in [5.41, 5.74) is 1.69. The van der Waals surface area contributed by atoms with Gasteiger partial charge in [-0.15, -0.1) is 0 Å². The van der Waals surface area contributed by atoms with Crippen molar-refractivity contribution < 1.29 is 19.2 Å². The van der Waals surface area contributed by atoms with Crippen LogP contribution in [0.15, 0.2) is 18.5 Å².